The highest BCUT2D eigenvalue weighted by Gasteiger charge is 2.36. The molecular formula is C15H20N2O3S. The van der Waals surface area contributed by atoms with Gasteiger partial charge in [0.25, 0.3) is 0 Å². The third kappa shape index (κ3) is 2.82. The van der Waals surface area contributed by atoms with E-state index in [0.29, 0.717) is 4.90 Å². The molecule has 1 fully saturated rings. The van der Waals surface area contributed by atoms with Crippen molar-refractivity contribution >= 4 is 15.7 Å². The first-order chi connectivity index (χ1) is 9.97. The quantitative estimate of drug-likeness (QED) is 0.876. The van der Waals surface area contributed by atoms with Gasteiger partial charge in [-0.1, -0.05) is 18.2 Å². The van der Waals surface area contributed by atoms with E-state index in [1.54, 1.807) is 12.1 Å². The van der Waals surface area contributed by atoms with E-state index in [4.69, 9.17) is 5.73 Å². The molecule has 21 heavy (non-hydrogen) atoms. The fourth-order valence-corrected chi connectivity index (χ4v) is 5.17. The van der Waals surface area contributed by atoms with E-state index in [0.717, 1.165) is 31.2 Å². The molecular weight excluding hydrogens is 288 g/mol. The molecule has 1 heterocycles. The van der Waals surface area contributed by atoms with Crippen molar-refractivity contribution in [2.75, 3.05) is 5.75 Å². The highest BCUT2D eigenvalue weighted by Crippen LogP contribution is 2.34. The summed E-state index contributed by atoms with van der Waals surface area (Å²) in [5.41, 5.74) is 6.21. The Morgan fingerprint density at radius 1 is 1.14 bits per heavy atom. The van der Waals surface area contributed by atoms with Crippen LogP contribution in [0, 0.1) is 5.92 Å². The molecule has 1 aliphatic carbocycles. The molecule has 0 saturated heterocycles. The van der Waals surface area contributed by atoms with Gasteiger partial charge in [-0.25, -0.2) is 8.42 Å². The highest BCUT2D eigenvalue weighted by atomic mass is 32.2. The molecule has 5 nitrogen and oxygen atoms in total. The van der Waals surface area contributed by atoms with E-state index in [1.807, 2.05) is 12.1 Å². The number of amides is 1. The van der Waals surface area contributed by atoms with E-state index >= 15 is 0 Å². The molecule has 1 atom stereocenters. The Labute approximate surface area is 124 Å². The maximum atomic E-state index is 12.1. The summed E-state index contributed by atoms with van der Waals surface area (Å²) in [6.07, 6.45) is 3.31. The number of primary amides is 1. The molecule has 3 rings (SSSR count). The summed E-state index contributed by atoms with van der Waals surface area (Å²) in [6.45, 7) is 0. The molecule has 1 aliphatic heterocycles. The van der Waals surface area contributed by atoms with Gasteiger partial charge < -0.3 is 11.1 Å². The predicted octanol–water partition coefficient (Wildman–Crippen LogP) is 1.15. The monoisotopic (exact) mass is 308 g/mol. The maximum Gasteiger partial charge on any atom is 0.220 e. The van der Waals surface area contributed by atoms with Crippen LogP contribution in [0.4, 0.5) is 0 Å². The lowest BCUT2D eigenvalue weighted by molar-refractivity contribution is -0.122. The van der Waals surface area contributed by atoms with Crippen molar-refractivity contribution in [2.24, 2.45) is 11.7 Å². The molecule has 0 spiro atoms. The van der Waals surface area contributed by atoms with Crippen LogP contribution in [-0.2, 0) is 14.6 Å². The lowest BCUT2D eigenvalue weighted by Gasteiger charge is -2.29. The molecule has 6 heteroatoms. The first kappa shape index (κ1) is 14.5. The summed E-state index contributed by atoms with van der Waals surface area (Å²) in [5, 5.41) is 3.46. The van der Waals surface area contributed by atoms with E-state index in [1.165, 1.54) is 0 Å². The van der Waals surface area contributed by atoms with Crippen LogP contribution in [0.1, 0.15) is 37.3 Å². The minimum absolute atomic E-state index is 0.0253. The van der Waals surface area contributed by atoms with E-state index in [2.05, 4.69) is 5.32 Å². The van der Waals surface area contributed by atoms with Gasteiger partial charge in [-0.05, 0) is 37.3 Å². The van der Waals surface area contributed by atoms with Gasteiger partial charge >= 0.3 is 0 Å². The molecule has 0 aromatic heterocycles. The maximum absolute atomic E-state index is 12.1. The van der Waals surface area contributed by atoms with Crippen molar-refractivity contribution in [2.45, 2.75) is 42.7 Å². The third-order valence-electron chi connectivity index (χ3n) is 4.58. The molecule has 1 aromatic rings. The Morgan fingerprint density at radius 3 is 2.48 bits per heavy atom. The standard InChI is InChI=1S/C15H20N2O3S/c16-15(18)10-5-7-11(8-6-10)17-13-9-21(19,20)14-4-2-1-3-12(13)14/h1-4,10-11,13,17H,5-9H2,(H2,16,18)/t10?,11?,13-/m1/s1. The number of hydrogen-bond donors (Lipinski definition) is 2. The minimum Gasteiger partial charge on any atom is -0.369 e. The van der Waals surface area contributed by atoms with E-state index < -0.39 is 9.84 Å². The number of hydrogen-bond acceptors (Lipinski definition) is 4. The van der Waals surface area contributed by atoms with Crippen molar-refractivity contribution < 1.29 is 13.2 Å². The fourth-order valence-electron chi connectivity index (χ4n) is 3.42. The van der Waals surface area contributed by atoms with Gasteiger partial charge in [0.15, 0.2) is 9.84 Å². The van der Waals surface area contributed by atoms with Gasteiger partial charge in [0.2, 0.25) is 5.91 Å². The SMILES string of the molecule is NC(=O)C1CCC(N[C@@H]2CS(=O)(=O)c3ccccc32)CC1. The van der Waals surface area contributed by atoms with Crippen molar-refractivity contribution in [3.8, 4) is 0 Å². The van der Waals surface area contributed by atoms with Crippen molar-refractivity contribution in [1.82, 2.24) is 5.32 Å². The van der Waals surface area contributed by atoms with Crippen LogP contribution >= 0.6 is 0 Å². The summed E-state index contributed by atoms with van der Waals surface area (Å²) in [6, 6.07) is 7.31. The zero-order chi connectivity index (χ0) is 15.0. The lowest BCUT2D eigenvalue weighted by Crippen LogP contribution is -2.39. The van der Waals surface area contributed by atoms with Crippen molar-refractivity contribution in [1.29, 1.82) is 0 Å². The average molecular weight is 308 g/mol. The van der Waals surface area contributed by atoms with Gasteiger partial charge in [0, 0.05) is 18.0 Å². The van der Waals surface area contributed by atoms with Crippen molar-refractivity contribution in [3.05, 3.63) is 29.8 Å². The minimum atomic E-state index is -3.17. The Kier molecular flexibility index (Phi) is 3.75. The average Bonchev–Trinajstić information content (AvgIpc) is 2.71. The molecule has 1 aromatic carbocycles. The van der Waals surface area contributed by atoms with Crippen LogP contribution in [0.2, 0.25) is 0 Å². The number of rotatable bonds is 3. The Morgan fingerprint density at radius 2 is 1.81 bits per heavy atom. The first-order valence-corrected chi connectivity index (χ1v) is 8.99. The number of benzene rings is 1. The number of carbonyl (C=O) groups excluding carboxylic acids is 1. The normalized spacial score (nSPS) is 30.8. The Hall–Kier alpha value is -1.40. The molecule has 1 amide bonds. The van der Waals surface area contributed by atoms with Gasteiger partial charge in [0.1, 0.15) is 0 Å². The zero-order valence-corrected chi connectivity index (χ0v) is 12.6. The van der Waals surface area contributed by atoms with Gasteiger partial charge in [0.05, 0.1) is 10.6 Å². The Bertz CT molecular complexity index is 649. The number of sulfone groups is 1. The number of fused-ring (bicyclic) bond motifs is 1. The number of nitrogens with one attached hydrogen (secondary N) is 1. The van der Waals surface area contributed by atoms with Gasteiger partial charge in [-0.2, -0.15) is 0 Å². The fraction of sp³-hybridized carbons (Fsp3) is 0.533. The molecule has 114 valence electrons. The van der Waals surface area contributed by atoms with Gasteiger partial charge in [-0.15, -0.1) is 0 Å². The second-order valence-corrected chi connectivity index (χ2v) is 7.99. The van der Waals surface area contributed by atoms with Crippen LogP contribution < -0.4 is 11.1 Å². The molecule has 3 N–H and O–H groups in total. The number of carbonyl (C=O) groups is 1. The predicted molar refractivity (Wildman–Crippen MR) is 79.3 cm³/mol. The zero-order valence-electron chi connectivity index (χ0n) is 11.8. The molecule has 1 saturated carbocycles. The largest absolute Gasteiger partial charge is 0.369 e. The topological polar surface area (TPSA) is 89.3 Å². The van der Waals surface area contributed by atoms with Crippen LogP contribution in [-0.4, -0.2) is 26.1 Å². The molecule has 2 aliphatic rings. The van der Waals surface area contributed by atoms with Crippen LogP contribution in [0.15, 0.2) is 29.2 Å². The third-order valence-corrected chi connectivity index (χ3v) is 6.40. The second kappa shape index (κ2) is 5.42. The lowest BCUT2D eigenvalue weighted by atomic mass is 9.85. The van der Waals surface area contributed by atoms with Crippen LogP contribution in [0.3, 0.4) is 0 Å². The first-order valence-electron chi connectivity index (χ1n) is 7.34. The van der Waals surface area contributed by atoms with Crippen LogP contribution in [0.5, 0.6) is 0 Å². The molecule has 0 bridgehead atoms. The smallest absolute Gasteiger partial charge is 0.220 e. The Balaban J connectivity index is 1.69. The highest BCUT2D eigenvalue weighted by molar-refractivity contribution is 7.91. The number of nitrogens with two attached hydrogens (primary N) is 1. The molecule has 0 radical (unpaired) electrons. The van der Waals surface area contributed by atoms with Crippen LogP contribution in [0.25, 0.3) is 0 Å². The van der Waals surface area contributed by atoms with E-state index in [9.17, 15) is 13.2 Å². The molecule has 0 unspecified atom stereocenters. The summed E-state index contributed by atoms with van der Waals surface area (Å²) < 4.78 is 24.3. The summed E-state index contributed by atoms with van der Waals surface area (Å²) >= 11 is 0. The van der Waals surface area contributed by atoms with E-state index in [-0.39, 0.29) is 29.7 Å². The second-order valence-electron chi connectivity index (χ2n) is 5.99. The van der Waals surface area contributed by atoms with Crippen molar-refractivity contribution in [3.63, 3.8) is 0 Å². The van der Waals surface area contributed by atoms with Gasteiger partial charge in [-0.3, -0.25) is 4.79 Å². The summed E-state index contributed by atoms with van der Waals surface area (Å²) in [5.74, 6) is -0.118. The summed E-state index contributed by atoms with van der Waals surface area (Å²) in [7, 11) is -3.17. The summed E-state index contributed by atoms with van der Waals surface area (Å²) in [4.78, 5) is 11.6.